The normalized spacial score (nSPS) is 29.7. The first-order chi connectivity index (χ1) is 7.18. The number of rotatable bonds is 2. The molecule has 1 N–H and O–H groups in total. The molecule has 0 bridgehead atoms. The van der Waals surface area contributed by atoms with Crippen molar-refractivity contribution >= 4 is 0 Å². The molecule has 1 heterocycles. The van der Waals surface area contributed by atoms with E-state index in [1.165, 1.54) is 0 Å². The van der Waals surface area contributed by atoms with Gasteiger partial charge in [0.15, 0.2) is 6.10 Å². The van der Waals surface area contributed by atoms with Crippen molar-refractivity contribution in [3.63, 3.8) is 0 Å². The maximum atomic E-state index is 13.4. The molecule has 1 aliphatic heterocycles. The number of hydrogen-bond acceptors (Lipinski definition) is 2. The zero-order chi connectivity index (χ0) is 10.7. The van der Waals surface area contributed by atoms with Crippen LogP contribution in [0.2, 0.25) is 0 Å². The molecule has 0 aromatic heterocycles. The van der Waals surface area contributed by atoms with Gasteiger partial charge in [0, 0.05) is 6.42 Å². The van der Waals surface area contributed by atoms with Gasteiger partial charge in [0.05, 0.1) is 6.54 Å². The molecule has 0 aromatic rings. The summed E-state index contributed by atoms with van der Waals surface area (Å²) in [5.41, 5.74) is 0. The number of hydrogen-bond donors (Lipinski definition) is 1. The van der Waals surface area contributed by atoms with Crippen LogP contribution in [0, 0.1) is 0 Å². The van der Waals surface area contributed by atoms with E-state index in [1.54, 1.807) is 6.08 Å². The summed E-state index contributed by atoms with van der Waals surface area (Å²) in [5, 5.41) is 2.67. The van der Waals surface area contributed by atoms with E-state index in [4.69, 9.17) is 4.74 Å². The fourth-order valence-electron chi connectivity index (χ4n) is 1.80. The predicted molar refractivity (Wildman–Crippen MR) is 53.8 cm³/mol. The maximum Gasteiger partial charge on any atom is 0.296 e. The third-order valence-electron chi connectivity index (χ3n) is 2.65. The molecule has 2 aliphatic rings. The Hall–Kier alpha value is -0.900. The van der Waals surface area contributed by atoms with Gasteiger partial charge in [-0.25, -0.2) is 8.78 Å². The summed E-state index contributed by atoms with van der Waals surface area (Å²) in [5.74, 6) is -2.17. The second kappa shape index (κ2) is 4.31. The van der Waals surface area contributed by atoms with E-state index in [9.17, 15) is 8.78 Å². The second-order valence-electron chi connectivity index (χ2n) is 3.92. The van der Waals surface area contributed by atoms with E-state index >= 15 is 0 Å². The topological polar surface area (TPSA) is 21.3 Å². The standard InChI is InChI=1S/C11H15F2NO/c12-11(13)8-14-7-6-10(11)15-9-4-2-1-3-5-9/h2,4-5,10,14H,1,3,6-8H2. The van der Waals surface area contributed by atoms with Crippen LogP contribution >= 0.6 is 0 Å². The Morgan fingerprint density at radius 2 is 2.27 bits per heavy atom. The highest BCUT2D eigenvalue weighted by Gasteiger charge is 2.43. The van der Waals surface area contributed by atoms with Crippen molar-refractivity contribution in [2.24, 2.45) is 0 Å². The van der Waals surface area contributed by atoms with E-state index in [-0.39, 0.29) is 6.54 Å². The fraction of sp³-hybridized carbons (Fsp3) is 0.636. The largest absolute Gasteiger partial charge is 0.484 e. The molecule has 1 saturated heterocycles. The lowest BCUT2D eigenvalue weighted by atomic mass is 10.1. The first-order valence-electron chi connectivity index (χ1n) is 5.30. The molecule has 4 heteroatoms. The van der Waals surface area contributed by atoms with Gasteiger partial charge in [-0.05, 0) is 31.5 Å². The highest BCUT2D eigenvalue weighted by molar-refractivity contribution is 5.16. The molecule has 2 rings (SSSR count). The van der Waals surface area contributed by atoms with Crippen molar-refractivity contribution in [2.75, 3.05) is 13.1 Å². The Labute approximate surface area is 88.0 Å². The van der Waals surface area contributed by atoms with E-state index in [2.05, 4.69) is 5.32 Å². The van der Waals surface area contributed by atoms with Gasteiger partial charge in [-0.15, -0.1) is 0 Å². The van der Waals surface area contributed by atoms with Crippen LogP contribution in [0.15, 0.2) is 24.0 Å². The summed E-state index contributed by atoms with van der Waals surface area (Å²) in [6, 6.07) is 0. The Balaban J connectivity index is 1.97. The number of alkyl halides is 2. The summed E-state index contributed by atoms with van der Waals surface area (Å²) >= 11 is 0. The van der Waals surface area contributed by atoms with E-state index in [0.717, 1.165) is 12.8 Å². The van der Waals surface area contributed by atoms with E-state index in [1.807, 2.05) is 12.2 Å². The summed E-state index contributed by atoms with van der Waals surface area (Å²) in [4.78, 5) is 0. The first kappa shape index (κ1) is 10.6. The van der Waals surface area contributed by atoms with Crippen LogP contribution < -0.4 is 5.32 Å². The molecular formula is C11H15F2NO. The quantitative estimate of drug-likeness (QED) is 0.762. The molecule has 1 unspecified atom stereocenters. The predicted octanol–water partition coefficient (Wildman–Crippen LogP) is 2.23. The minimum absolute atomic E-state index is 0.283. The molecular weight excluding hydrogens is 200 g/mol. The highest BCUT2D eigenvalue weighted by atomic mass is 19.3. The number of allylic oxidation sites excluding steroid dienone is 3. The fourth-order valence-corrected chi connectivity index (χ4v) is 1.80. The Morgan fingerprint density at radius 3 is 2.93 bits per heavy atom. The monoisotopic (exact) mass is 215 g/mol. The zero-order valence-corrected chi connectivity index (χ0v) is 8.51. The Morgan fingerprint density at radius 1 is 1.40 bits per heavy atom. The lowest BCUT2D eigenvalue weighted by molar-refractivity contribution is -0.129. The van der Waals surface area contributed by atoms with Gasteiger partial charge < -0.3 is 10.1 Å². The van der Waals surface area contributed by atoms with Crippen molar-refractivity contribution in [2.45, 2.75) is 31.3 Å². The van der Waals surface area contributed by atoms with Crippen molar-refractivity contribution in [1.29, 1.82) is 0 Å². The molecule has 1 fully saturated rings. The molecule has 0 aromatic carbocycles. The second-order valence-corrected chi connectivity index (χ2v) is 3.92. The van der Waals surface area contributed by atoms with Gasteiger partial charge in [0.2, 0.25) is 0 Å². The smallest absolute Gasteiger partial charge is 0.296 e. The van der Waals surface area contributed by atoms with Crippen molar-refractivity contribution in [3.8, 4) is 0 Å². The van der Waals surface area contributed by atoms with Gasteiger partial charge in [-0.1, -0.05) is 6.08 Å². The molecule has 0 amide bonds. The molecule has 1 atom stereocenters. The average molecular weight is 215 g/mol. The van der Waals surface area contributed by atoms with Crippen LogP contribution in [0.3, 0.4) is 0 Å². The third-order valence-corrected chi connectivity index (χ3v) is 2.65. The van der Waals surface area contributed by atoms with Crippen molar-refractivity contribution in [3.05, 3.63) is 24.0 Å². The third kappa shape index (κ3) is 2.56. The number of nitrogens with one attached hydrogen (secondary N) is 1. The van der Waals surface area contributed by atoms with E-state index in [0.29, 0.717) is 18.7 Å². The van der Waals surface area contributed by atoms with Crippen LogP contribution in [0.4, 0.5) is 8.78 Å². The SMILES string of the molecule is FC1(F)CNCCC1OC1=CCCC=C1. The Kier molecular flexibility index (Phi) is 3.05. The van der Waals surface area contributed by atoms with Gasteiger partial charge in [0.25, 0.3) is 5.92 Å². The molecule has 0 radical (unpaired) electrons. The number of ether oxygens (including phenoxy) is 1. The highest BCUT2D eigenvalue weighted by Crippen LogP contribution is 2.28. The summed E-state index contributed by atoms with van der Waals surface area (Å²) < 4.78 is 32.1. The molecule has 1 aliphatic carbocycles. The van der Waals surface area contributed by atoms with Crippen LogP contribution in [0.5, 0.6) is 0 Å². The zero-order valence-electron chi connectivity index (χ0n) is 8.51. The Bertz CT molecular complexity index is 286. The molecule has 15 heavy (non-hydrogen) atoms. The summed E-state index contributed by atoms with van der Waals surface area (Å²) in [6.07, 6.45) is 6.83. The van der Waals surface area contributed by atoms with Gasteiger partial charge >= 0.3 is 0 Å². The lowest BCUT2D eigenvalue weighted by Crippen LogP contribution is -2.50. The lowest BCUT2D eigenvalue weighted by Gasteiger charge is -2.32. The van der Waals surface area contributed by atoms with Crippen molar-refractivity contribution < 1.29 is 13.5 Å². The van der Waals surface area contributed by atoms with Crippen LogP contribution in [0.1, 0.15) is 19.3 Å². The number of halogens is 2. The minimum atomic E-state index is -2.76. The maximum absolute atomic E-state index is 13.4. The number of piperidine rings is 1. The van der Waals surface area contributed by atoms with Gasteiger partial charge in [0.1, 0.15) is 5.76 Å². The van der Waals surface area contributed by atoms with Crippen LogP contribution in [-0.2, 0) is 4.74 Å². The van der Waals surface area contributed by atoms with Crippen LogP contribution in [0.25, 0.3) is 0 Å². The molecule has 0 spiro atoms. The van der Waals surface area contributed by atoms with Gasteiger partial charge in [-0.3, -0.25) is 0 Å². The van der Waals surface area contributed by atoms with Crippen LogP contribution in [-0.4, -0.2) is 25.1 Å². The van der Waals surface area contributed by atoms with Crippen molar-refractivity contribution in [1.82, 2.24) is 5.32 Å². The molecule has 84 valence electrons. The summed E-state index contributed by atoms with van der Waals surface area (Å²) in [6.45, 7) is 0.311. The molecule has 2 nitrogen and oxygen atoms in total. The average Bonchev–Trinajstić information content (AvgIpc) is 2.23. The van der Waals surface area contributed by atoms with E-state index < -0.39 is 12.0 Å². The minimum Gasteiger partial charge on any atom is -0.484 e. The van der Waals surface area contributed by atoms with Gasteiger partial charge in [-0.2, -0.15) is 0 Å². The first-order valence-corrected chi connectivity index (χ1v) is 5.30. The molecule has 0 saturated carbocycles. The summed E-state index contributed by atoms with van der Waals surface area (Å²) in [7, 11) is 0.